The Hall–Kier alpha value is -5.46. The van der Waals surface area contributed by atoms with Crippen molar-refractivity contribution in [1.29, 1.82) is 0 Å². The minimum absolute atomic E-state index is 0.636. The number of thiophene rings is 2. The number of rotatable bonds is 2. The van der Waals surface area contributed by atoms with Crippen LogP contribution in [0.4, 0.5) is 11.4 Å². The molecule has 9 rings (SSSR count). The molecule has 0 aliphatic carbocycles. The van der Waals surface area contributed by atoms with Gasteiger partial charge in [0, 0.05) is 51.6 Å². The predicted octanol–water partition coefficient (Wildman–Crippen LogP) is 12.3. The minimum Gasteiger partial charge on any atom is -0.310 e. The normalized spacial score (nSPS) is 11.7. The summed E-state index contributed by atoms with van der Waals surface area (Å²) in [5, 5.41) is 7.18. The van der Waals surface area contributed by atoms with Crippen LogP contribution in [0.1, 0.15) is 0 Å². The van der Waals surface area contributed by atoms with E-state index in [0.717, 1.165) is 33.2 Å². The van der Waals surface area contributed by atoms with Crippen molar-refractivity contribution < 1.29 is 0 Å². The van der Waals surface area contributed by atoms with E-state index in [1.807, 2.05) is 24.3 Å². The van der Waals surface area contributed by atoms with Crippen molar-refractivity contribution in [3.63, 3.8) is 0 Å². The lowest BCUT2D eigenvalue weighted by Gasteiger charge is -2.16. The molecule has 0 saturated heterocycles. The van der Waals surface area contributed by atoms with Crippen molar-refractivity contribution >= 4 is 96.2 Å². The van der Waals surface area contributed by atoms with Crippen LogP contribution in [0.2, 0.25) is 0 Å². The lowest BCUT2D eigenvalue weighted by molar-refractivity contribution is 1.18. The fourth-order valence-corrected chi connectivity index (χ4v) is 9.00. The SMILES string of the molecule is [C-]#[N+]c1ccc2sc3c(ccc4sc5ccc(-c6c([N+]#[C-])cccc6-n6c7ccccc7c7ccccc76)cc5c43)c2c1. The predicted molar refractivity (Wildman–Crippen MR) is 185 cm³/mol. The van der Waals surface area contributed by atoms with Gasteiger partial charge in [-0.3, -0.25) is 0 Å². The van der Waals surface area contributed by atoms with Crippen molar-refractivity contribution in [2.45, 2.75) is 0 Å². The second-order valence-electron chi connectivity index (χ2n) is 10.7. The first-order chi connectivity index (χ1) is 21.2. The first-order valence-corrected chi connectivity index (χ1v) is 15.6. The fourth-order valence-electron chi connectivity index (χ4n) is 6.59. The first kappa shape index (κ1) is 24.2. The van der Waals surface area contributed by atoms with Gasteiger partial charge in [0.2, 0.25) is 0 Å². The number of hydrogen-bond donors (Lipinski definition) is 0. The number of para-hydroxylation sites is 2. The standard InChI is InChI=1S/C38H19N3S2/c1-39-23-15-18-33-27(21-23)26-16-19-35-37(38(26)43-33)28-20-22(14-17-34(28)42-35)36-29(40-2)10-7-13-32(36)41-30-11-5-3-8-24(30)25-9-4-6-12-31(25)41/h3-21H. The second-order valence-corrected chi connectivity index (χ2v) is 12.8. The lowest BCUT2D eigenvalue weighted by atomic mass is 9.98. The van der Waals surface area contributed by atoms with E-state index >= 15 is 0 Å². The molecule has 0 amide bonds. The van der Waals surface area contributed by atoms with Crippen LogP contribution < -0.4 is 0 Å². The van der Waals surface area contributed by atoms with Crippen LogP contribution in [-0.4, -0.2) is 4.57 Å². The van der Waals surface area contributed by atoms with E-state index in [0.29, 0.717) is 11.4 Å². The van der Waals surface area contributed by atoms with Crippen molar-refractivity contribution in [3.8, 4) is 16.8 Å². The maximum absolute atomic E-state index is 8.15. The molecular formula is C38H19N3S2. The Labute approximate surface area is 254 Å². The van der Waals surface area contributed by atoms with Crippen molar-refractivity contribution in [2.24, 2.45) is 0 Å². The third-order valence-electron chi connectivity index (χ3n) is 8.43. The summed E-state index contributed by atoms with van der Waals surface area (Å²) in [5.41, 5.74) is 6.53. The molecule has 0 fully saturated rings. The van der Waals surface area contributed by atoms with E-state index in [2.05, 4.69) is 105 Å². The molecular weight excluding hydrogens is 563 g/mol. The van der Waals surface area contributed by atoms with Gasteiger partial charge in [0.15, 0.2) is 11.4 Å². The van der Waals surface area contributed by atoms with Gasteiger partial charge in [0.05, 0.1) is 24.2 Å². The average molecular weight is 582 g/mol. The smallest absolute Gasteiger partial charge is 0.196 e. The van der Waals surface area contributed by atoms with E-state index in [4.69, 9.17) is 13.1 Å². The number of fused-ring (bicyclic) bond motifs is 10. The lowest BCUT2D eigenvalue weighted by Crippen LogP contribution is -1.97. The third kappa shape index (κ3) is 3.38. The van der Waals surface area contributed by atoms with Gasteiger partial charge in [-0.05, 0) is 58.8 Å². The Kier molecular flexibility index (Phi) is 5.07. The maximum Gasteiger partial charge on any atom is 0.196 e. The summed E-state index contributed by atoms with van der Waals surface area (Å²) in [6.07, 6.45) is 0. The molecule has 0 spiro atoms. The van der Waals surface area contributed by atoms with Gasteiger partial charge in [0.1, 0.15) is 0 Å². The number of benzene rings is 6. The molecule has 0 atom stereocenters. The monoisotopic (exact) mass is 581 g/mol. The minimum atomic E-state index is 0.636. The van der Waals surface area contributed by atoms with Gasteiger partial charge >= 0.3 is 0 Å². The molecule has 0 saturated carbocycles. The zero-order chi connectivity index (χ0) is 28.7. The van der Waals surface area contributed by atoms with E-state index in [1.165, 1.54) is 45.7 Å². The molecule has 0 radical (unpaired) electrons. The quantitative estimate of drug-likeness (QED) is 0.180. The highest BCUT2D eigenvalue weighted by molar-refractivity contribution is 7.29. The molecule has 43 heavy (non-hydrogen) atoms. The molecule has 0 N–H and O–H groups in total. The zero-order valence-corrected chi connectivity index (χ0v) is 24.3. The van der Waals surface area contributed by atoms with Gasteiger partial charge in [-0.1, -0.05) is 72.8 Å². The van der Waals surface area contributed by atoms with Crippen molar-refractivity contribution in [1.82, 2.24) is 4.57 Å². The molecule has 6 aromatic carbocycles. The summed E-state index contributed by atoms with van der Waals surface area (Å²) in [6, 6.07) is 40.1. The van der Waals surface area contributed by atoms with Crippen LogP contribution in [0.3, 0.4) is 0 Å². The Morgan fingerprint density at radius 2 is 1.26 bits per heavy atom. The number of aromatic nitrogens is 1. The summed E-state index contributed by atoms with van der Waals surface area (Å²) >= 11 is 3.60. The van der Waals surface area contributed by atoms with Gasteiger partial charge in [-0.15, -0.1) is 22.7 Å². The average Bonchev–Trinajstić information content (AvgIpc) is 3.73. The summed E-state index contributed by atoms with van der Waals surface area (Å²) < 4.78 is 7.22. The Balaban J connectivity index is 1.37. The van der Waals surface area contributed by atoms with Gasteiger partial charge < -0.3 is 4.57 Å². The molecule has 9 aromatic rings. The van der Waals surface area contributed by atoms with Crippen LogP contribution in [-0.2, 0) is 0 Å². The van der Waals surface area contributed by atoms with Crippen molar-refractivity contribution in [2.75, 3.05) is 0 Å². The zero-order valence-electron chi connectivity index (χ0n) is 22.6. The third-order valence-corrected chi connectivity index (χ3v) is 10.8. The topological polar surface area (TPSA) is 13.7 Å². The van der Waals surface area contributed by atoms with Crippen LogP contribution in [0.5, 0.6) is 0 Å². The Morgan fingerprint density at radius 3 is 2.02 bits per heavy atom. The van der Waals surface area contributed by atoms with Gasteiger partial charge in [0.25, 0.3) is 0 Å². The van der Waals surface area contributed by atoms with E-state index in [1.54, 1.807) is 22.7 Å². The van der Waals surface area contributed by atoms with E-state index in [-0.39, 0.29) is 0 Å². The van der Waals surface area contributed by atoms with Gasteiger partial charge in [-0.25, -0.2) is 9.69 Å². The van der Waals surface area contributed by atoms with Crippen LogP contribution >= 0.6 is 22.7 Å². The van der Waals surface area contributed by atoms with Crippen LogP contribution in [0.25, 0.3) is 88.7 Å². The molecule has 0 aliphatic rings. The molecule has 0 unspecified atom stereocenters. The maximum atomic E-state index is 8.15. The van der Waals surface area contributed by atoms with E-state index < -0.39 is 0 Å². The fraction of sp³-hybridized carbons (Fsp3) is 0. The van der Waals surface area contributed by atoms with Gasteiger partial charge in [-0.2, -0.15) is 0 Å². The molecule has 198 valence electrons. The second kappa shape index (κ2) is 9.02. The largest absolute Gasteiger partial charge is 0.310 e. The molecule has 3 heterocycles. The molecule has 0 aliphatic heterocycles. The first-order valence-electron chi connectivity index (χ1n) is 13.9. The molecule has 3 aromatic heterocycles. The summed E-state index contributed by atoms with van der Waals surface area (Å²) in [5.74, 6) is 0. The highest BCUT2D eigenvalue weighted by Gasteiger charge is 2.20. The summed E-state index contributed by atoms with van der Waals surface area (Å²) in [7, 11) is 0. The van der Waals surface area contributed by atoms with Crippen molar-refractivity contribution in [3.05, 3.63) is 138 Å². The number of nitrogens with zero attached hydrogens (tertiary/aromatic N) is 3. The molecule has 5 heteroatoms. The highest BCUT2D eigenvalue weighted by Crippen LogP contribution is 2.47. The summed E-state index contributed by atoms with van der Waals surface area (Å²) in [6.45, 7) is 15.6. The number of hydrogen-bond acceptors (Lipinski definition) is 2. The molecule has 3 nitrogen and oxygen atoms in total. The molecule has 0 bridgehead atoms. The Morgan fingerprint density at radius 1 is 0.535 bits per heavy atom. The Bertz CT molecular complexity index is 2650. The van der Waals surface area contributed by atoms with Crippen LogP contribution in [0.15, 0.2) is 115 Å². The highest BCUT2D eigenvalue weighted by atomic mass is 32.1. The summed E-state index contributed by atoms with van der Waals surface area (Å²) in [4.78, 5) is 7.69. The van der Waals surface area contributed by atoms with E-state index in [9.17, 15) is 0 Å². The van der Waals surface area contributed by atoms with Crippen LogP contribution in [0, 0.1) is 13.1 Å².